The summed E-state index contributed by atoms with van der Waals surface area (Å²) in [6.07, 6.45) is 1.07. The van der Waals surface area contributed by atoms with Crippen molar-refractivity contribution in [2.75, 3.05) is 33.4 Å². The van der Waals surface area contributed by atoms with E-state index < -0.39 is 0 Å². The van der Waals surface area contributed by atoms with Crippen LogP contribution >= 0.6 is 0 Å². The molecule has 3 N–H and O–H groups in total. The van der Waals surface area contributed by atoms with E-state index in [-0.39, 0.29) is 0 Å². The van der Waals surface area contributed by atoms with E-state index in [1.165, 1.54) is 11.1 Å². The molecule has 106 valence electrons. The van der Waals surface area contributed by atoms with Gasteiger partial charge in [0.05, 0.1) is 6.04 Å². The maximum atomic E-state index is 5.05. The van der Waals surface area contributed by atoms with Crippen molar-refractivity contribution in [1.29, 1.82) is 0 Å². The summed E-state index contributed by atoms with van der Waals surface area (Å²) in [5, 5.41) is 3.51. The van der Waals surface area contributed by atoms with Crippen molar-refractivity contribution < 1.29 is 4.74 Å². The second-order valence-electron chi connectivity index (χ2n) is 5.22. The van der Waals surface area contributed by atoms with Crippen LogP contribution in [-0.2, 0) is 4.74 Å². The number of ether oxygens (including phenoxy) is 1. The molecule has 0 spiro atoms. The van der Waals surface area contributed by atoms with Crippen molar-refractivity contribution in [3.05, 3.63) is 35.4 Å². The quantitative estimate of drug-likeness (QED) is 0.651. The van der Waals surface area contributed by atoms with Gasteiger partial charge in [-0.25, -0.2) is 5.43 Å². The Balaban J connectivity index is 1.81. The Kier molecular flexibility index (Phi) is 5.79. The van der Waals surface area contributed by atoms with Crippen LogP contribution in [0.5, 0.6) is 0 Å². The monoisotopic (exact) mass is 263 g/mol. The van der Waals surface area contributed by atoms with E-state index in [1.807, 2.05) is 0 Å². The lowest BCUT2D eigenvalue weighted by Gasteiger charge is -2.19. The molecular formula is C15H25N3O. The van der Waals surface area contributed by atoms with Crippen LogP contribution in [0.3, 0.4) is 0 Å². The average molecular weight is 263 g/mol. The van der Waals surface area contributed by atoms with Crippen molar-refractivity contribution in [2.45, 2.75) is 19.4 Å². The van der Waals surface area contributed by atoms with E-state index in [9.17, 15) is 0 Å². The molecule has 0 aromatic heterocycles. The molecule has 4 heteroatoms. The molecule has 0 amide bonds. The maximum Gasteiger partial charge on any atom is 0.0515 e. The standard InChI is InChI=1S/C15H25N3O/c1-12-4-6-13(7-5-12)15-14(11-17-18-15)10-16-8-3-9-19-2/h4-7,14-18H,3,8-11H2,1-2H3. The van der Waals surface area contributed by atoms with Crippen LogP contribution in [0.4, 0.5) is 0 Å². The van der Waals surface area contributed by atoms with Gasteiger partial charge in [-0.2, -0.15) is 0 Å². The molecule has 2 unspecified atom stereocenters. The zero-order valence-corrected chi connectivity index (χ0v) is 11.9. The van der Waals surface area contributed by atoms with E-state index in [1.54, 1.807) is 7.11 Å². The van der Waals surface area contributed by atoms with E-state index in [4.69, 9.17) is 4.74 Å². The molecule has 1 aromatic rings. The highest BCUT2D eigenvalue weighted by Gasteiger charge is 2.27. The van der Waals surface area contributed by atoms with Gasteiger partial charge in [0, 0.05) is 32.7 Å². The van der Waals surface area contributed by atoms with Crippen molar-refractivity contribution >= 4 is 0 Å². The van der Waals surface area contributed by atoms with Crippen LogP contribution in [0.15, 0.2) is 24.3 Å². The first-order valence-corrected chi connectivity index (χ1v) is 7.06. The number of aryl methyl sites for hydroxylation is 1. The minimum Gasteiger partial charge on any atom is -0.385 e. The Morgan fingerprint density at radius 3 is 2.84 bits per heavy atom. The summed E-state index contributed by atoms with van der Waals surface area (Å²) in [7, 11) is 1.75. The zero-order chi connectivity index (χ0) is 13.5. The third-order valence-corrected chi connectivity index (χ3v) is 3.64. The van der Waals surface area contributed by atoms with Gasteiger partial charge in [0.25, 0.3) is 0 Å². The third-order valence-electron chi connectivity index (χ3n) is 3.64. The van der Waals surface area contributed by atoms with E-state index in [0.717, 1.165) is 32.7 Å². The number of methoxy groups -OCH3 is 1. The molecule has 4 nitrogen and oxygen atoms in total. The first kappa shape index (κ1) is 14.5. The van der Waals surface area contributed by atoms with Gasteiger partial charge in [-0.05, 0) is 25.5 Å². The number of hydrogen-bond acceptors (Lipinski definition) is 4. The molecule has 2 atom stereocenters. The summed E-state index contributed by atoms with van der Waals surface area (Å²) in [5.41, 5.74) is 9.32. The minimum atomic E-state index is 0.399. The Labute approximate surface area is 115 Å². The van der Waals surface area contributed by atoms with Crippen LogP contribution in [0.25, 0.3) is 0 Å². The number of nitrogens with one attached hydrogen (secondary N) is 3. The van der Waals surface area contributed by atoms with E-state index >= 15 is 0 Å². The van der Waals surface area contributed by atoms with Gasteiger partial charge in [-0.15, -0.1) is 0 Å². The summed E-state index contributed by atoms with van der Waals surface area (Å²) in [5.74, 6) is 0.588. The fourth-order valence-corrected chi connectivity index (χ4v) is 2.48. The predicted octanol–water partition coefficient (Wildman–Crippen LogP) is 1.39. The lowest BCUT2D eigenvalue weighted by atomic mass is 9.94. The molecule has 2 rings (SSSR count). The highest BCUT2D eigenvalue weighted by atomic mass is 16.5. The van der Waals surface area contributed by atoms with Crippen molar-refractivity contribution in [3.63, 3.8) is 0 Å². The highest BCUT2D eigenvalue weighted by Crippen LogP contribution is 2.24. The van der Waals surface area contributed by atoms with Gasteiger partial charge < -0.3 is 10.1 Å². The average Bonchev–Trinajstić information content (AvgIpc) is 2.88. The summed E-state index contributed by atoms with van der Waals surface area (Å²) in [6.45, 7) is 6.01. The van der Waals surface area contributed by atoms with Crippen molar-refractivity contribution in [3.8, 4) is 0 Å². The molecule has 1 saturated heterocycles. The summed E-state index contributed by atoms with van der Waals surface area (Å²) in [6, 6.07) is 9.20. The van der Waals surface area contributed by atoms with Gasteiger partial charge in [0.15, 0.2) is 0 Å². The van der Waals surface area contributed by atoms with Crippen LogP contribution in [0, 0.1) is 12.8 Å². The number of hydrogen-bond donors (Lipinski definition) is 3. The molecule has 0 aliphatic carbocycles. The molecule has 1 fully saturated rings. The lowest BCUT2D eigenvalue weighted by Crippen LogP contribution is -2.29. The lowest BCUT2D eigenvalue weighted by molar-refractivity contribution is 0.193. The molecular weight excluding hydrogens is 238 g/mol. The SMILES string of the molecule is COCCCNCC1CNNC1c1ccc(C)cc1. The molecule has 0 saturated carbocycles. The molecule has 1 aliphatic rings. The first-order valence-electron chi connectivity index (χ1n) is 7.06. The van der Waals surface area contributed by atoms with Gasteiger partial charge in [-0.3, -0.25) is 5.43 Å². The zero-order valence-electron chi connectivity index (χ0n) is 11.9. The Hall–Kier alpha value is -0.940. The van der Waals surface area contributed by atoms with Gasteiger partial charge in [0.2, 0.25) is 0 Å². The summed E-state index contributed by atoms with van der Waals surface area (Å²) >= 11 is 0. The molecule has 0 bridgehead atoms. The highest BCUT2D eigenvalue weighted by molar-refractivity contribution is 5.25. The third kappa shape index (κ3) is 4.28. The summed E-state index contributed by atoms with van der Waals surface area (Å²) in [4.78, 5) is 0. The predicted molar refractivity (Wildman–Crippen MR) is 77.9 cm³/mol. The second kappa shape index (κ2) is 7.60. The van der Waals surface area contributed by atoms with Crippen LogP contribution in [0.1, 0.15) is 23.6 Å². The Morgan fingerprint density at radius 2 is 2.11 bits per heavy atom. The van der Waals surface area contributed by atoms with Crippen LogP contribution in [0.2, 0.25) is 0 Å². The Morgan fingerprint density at radius 1 is 1.32 bits per heavy atom. The second-order valence-corrected chi connectivity index (χ2v) is 5.22. The smallest absolute Gasteiger partial charge is 0.0515 e. The molecule has 1 heterocycles. The van der Waals surface area contributed by atoms with Gasteiger partial charge >= 0.3 is 0 Å². The molecule has 0 radical (unpaired) electrons. The van der Waals surface area contributed by atoms with Gasteiger partial charge in [-0.1, -0.05) is 29.8 Å². The van der Waals surface area contributed by atoms with E-state index in [0.29, 0.717) is 12.0 Å². The fraction of sp³-hybridized carbons (Fsp3) is 0.600. The largest absolute Gasteiger partial charge is 0.385 e. The number of hydrazine groups is 1. The van der Waals surface area contributed by atoms with Crippen molar-refractivity contribution in [2.24, 2.45) is 5.92 Å². The van der Waals surface area contributed by atoms with Crippen LogP contribution in [-0.4, -0.2) is 33.4 Å². The fourth-order valence-electron chi connectivity index (χ4n) is 2.48. The van der Waals surface area contributed by atoms with E-state index in [2.05, 4.69) is 47.4 Å². The Bertz CT molecular complexity index is 366. The molecule has 19 heavy (non-hydrogen) atoms. The normalized spacial score (nSPS) is 22.8. The van der Waals surface area contributed by atoms with Gasteiger partial charge in [0.1, 0.15) is 0 Å². The first-order chi connectivity index (χ1) is 9.31. The topological polar surface area (TPSA) is 45.3 Å². The number of benzene rings is 1. The minimum absolute atomic E-state index is 0.399. The summed E-state index contributed by atoms with van der Waals surface area (Å²) < 4.78 is 5.05. The molecule has 1 aromatic carbocycles. The van der Waals surface area contributed by atoms with Crippen LogP contribution < -0.4 is 16.2 Å². The number of rotatable bonds is 7. The maximum absolute atomic E-state index is 5.05. The van der Waals surface area contributed by atoms with Crippen molar-refractivity contribution in [1.82, 2.24) is 16.2 Å². The molecule has 1 aliphatic heterocycles.